The summed E-state index contributed by atoms with van der Waals surface area (Å²) in [6.45, 7) is 0.172. The standard InChI is InChI=1S/C9H9N5OS/c10-8(16)5-12-9(15)6-3-13-14-2-1-11-4-7(6)14/h1-4H,5H2,(H2,10,16)(H,12,15). The van der Waals surface area contributed by atoms with Crippen molar-refractivity contribution in [3.05, 3.63) is 30.4 Å². The van der Waals surface area contributed by atoms with Gasteiger partial charge in [0, 0.05) is 12.4 Å². The van der Waals surface area contributed by atoms with Crippen LogP contribution in [-0.2, 0) is 0 Å². The van der Waals surface area contributed by atoms with Crippen LogP contribution in [0.25, 0.3) is 5.52 Å². The van der Waals surface area contributed by atoms with Crippen LogP contribution in [0.3, 0.4) is 0 Å². The van der Waals surface area contributed by atoms with E-state index in [-0.39, 0.29) is 17.4 Å². The number of rotatable bonds is 3. The van der Waals surface area contributed by atoms with Crippen molar-refractivity contribution in [2.75, 3.05) is 6.54 Å². The molecule has 0 aliphatic carbocycles. The van der Waals surface area contributed by atoms with E-state index in [2.05, 4.69) is 27.6 Å². The van der Waals surface area contributed by atoms with Crippen LogP contribution in [0.2, 0.25) is 0 Å². The quantitative estimate of drug-likeness (QED) is 0.716. The Morgan fingerprint density at radius 2 is 2.38 bits per heavy atom. The molecule has 2 rings (SSSR count). The zero-order valence-electron chi connectivity index (χ0n) is 8.25. The molecule has 6 nitrogen and oxygen atoms in total. The van der Waals surface area contributed by atoms with Crippen molar-refractivity contribution in [2.24, 2.45) is 5.73 Å². The number of amides is 1. The lowest BCUT2D eigenvalue weighted by Crippen LogP contribution is -2.32. The minimum absolute atomic E-state index is 0.172. The number of aromatic nitrogens is 3. The zero-order valence-corrected chi connectivity index (χ0v) is 9.07. The van der Waals surface area contributed by atoms with Crippen LogP contribution in [-0.4, -0.2) is 32.0 Å². The molecule has 2 aromatic heterocycles. The number of carbonyl (C=O) groups excluding carboxylic acids is 1. The molecule has 0 aromatic carbocycles. The molecule has 0 radical (unpaired) electrons. The highest BCUT2D eigenvalue weighted by atomic mass is 32.1. The molecule has 0 atom stereocenters. The molecule has 3 N–H and O–H groups in total. The van der Waals surface area contributed by atoms with Gasteiger partial charge in [0.1, 0.15) is 0 Å². The largest absolute Gasteiger partial charge is 0.392 e. The highest BCUT2D eigenvalue weighted by Crippen LogP contribution is 2.07. The molecular formula is C9H9N5OS. The van der Waals surface area contributed by atoms with Crippen LogP contribution in [0.4, 0.5) is 0 Å². The average molecular weight is 235 g/mol. The first-order valence-corrected chi connectivity index (χ1v) is 4.93. The van der Waals surface area contributed by atoms with Crippen LogP contribution in [0.1, 0.15) is 10.4 Å². The van der Waals surface area contributed by atoms with E-state index in [0.717, 1.165) is 0 Å². The summed E-state index contributed by atoms with van der Waals surface area (Å²) in [5, 5.41) is 6.61. The van der Waals surface area contributed by atoms with Gasteiger partial charge in [-0.25, -0.2) is 4.52 Å². The van der Waals surface area contributed by atoms with Gasteiger partial charge in [0.05, 0.1) is 35.0 Å². The van der Waals surface area contributed by atoms with E-state index in [0.29, 0.717) is 11.1 Å². The van der Waals surface area contributed by atoms with Crippen molar-refractivity contribution in [1.29, 1.82) is 0 Å². The monoisotopic (exact) mass is 235 g/mol. The van der Waals surface area contributed by atoms with Gasteiger partial charge in [0.25, 0.3) is 5.91 Å². The molecular weight excluding hydrogens is 226 g/mol. The minimum atomic E-state index is -0.268. The van der Waals surface area contributed by atoms with Crippen LogP contribution in [0, 0.1) is 0 Å². The fourth-order valence-corrected chi connectivity index (χ4v) is 1.34. The van der Waals surface area contributed by atoms with E-state index >= 15 is 0 Å². The molecule has 0 spiro atoms. The number of thiocarbonyl (C=S) groups is 1. The molecule has 0 fully saturated rings. The van der Waals surface area contributed by atoms with E-state index in [1.165, 1.54) is 6.20 Å². The molecule has 0 saturated carbocycles. The second-order valence-electron chi connectivity index (χ2n) is 3.11. The minimum Gasteiger partial charge on any atom is -0.392 e. The summed E-state index contributed by atoms with van der Waals surface area (Å²) in [6.07, 6.45) is 6.31. The Balaban J connectivity index is 2.26. The van der Waals surface area contributed by atoms with Crippen molar-refractivity contribution in [3.8, 4) is 0 Å². The Hall–Kier alpha value is -2.02. The first kappa shape index (κ1) is 10.5. The molecule has 0 aliphatic rings. The smallest absolute Gasteiger partial charge is 0.255 e. The number of fused-ring (bicyclic) bond motifs is 1. The molecule has 0 unspecified atom stereocenters. The number of nitrogens with two attached hydrogens (primary N) is 1. The van der Waals surface area contributed by atoms with Crippen LogP contribution in [0.15, 0.2) is 24.8 Å². The molecule has 7 heteroatoms. The van der Waals surface area contributed by atoms with Gasteiger partial charge < -0.3 is 11.1 Å². The fraction of sp³-hybridized carbons (Fsp3) is 0.111. The van der Waals surface area contributed by atoms with Crippen LogP contribution in [0.5, 0.6) is 0 Å². The van der Waals surface area contributed by atoms with E-state index in [1.807, 2.05) is 0 Å². The second-order valence-corrected chi connectivity index (χ2v) is 3.64. The molecule has 1 amide bonds. The van der Waals surface area contributed by atoms with Crippen molar-refractivity contribution in [1.82, 2.24) is 19.9 Å². The maximum absolute atomic E-state index is 11.7. The van der Waals surface area contributed by atoms with E-state index in [1.54, 1.807) is 23.1 Å². The predicted molar refractivity (Wildman–Crippen MR) is 62.1 cm³/mol. The van der Waals surface area contributed by atoms with Crippen LogP contribution < -0.4 is 11.1 Å². The predicted octanol–water partition coefficient (Wildman–Crippen LogP) is -0.255. The Morgan fingerprint density at radius 1 is 1.56 bits per heavy atom. The van der Waals surface area contributed by atoms with Gasteiger partial charge in [-0.3, -0.25) is 9.78 Å². The van der Waals surface area contributed by atoms with E-state index < -0.39 is 0 Å². The maximum Gasteiger partial charge on any atom is 0.255 e. The van der Waals surface area contributed by atoms with Gasteiger partial charge in [0.15, 0.2) is 0 Å². The summed E-state index contributed by atoms with van der Waals surface area (Å²) in [5.74, 6) is -0.268. The van der Waals surface area contributed by atoms with Crippen LogP contribution >= 0.6 is 12.2 Å². The van der Waals surface area contributed by atoms with Gasteiger partial charge in [-0.15, -0.1) is 0 Å². The lowest BCUT2D eigenvalue weighted by atomic mass is 10.3. The topological polar surface area (TPSA) is 85.3 Å². The number of nitrogens with zero attached hydrogens (tertiary/aromatic N) is 3. The lowest BCUT2D eigenvalue weighted by molar-refractivity contribution is 0.0961. The molecule has 0 aliphatic heterocycles. The van der Waals surface area contributed by atoms with Crippen molar-refractivity contribution in [3.63, 3.8) is 0 Å². The van der Waals surface area contributed by atoms with Crippen molar-refractivity contribution >= 4 is 28.6 Å². The Labute approximate surface area is 96.5 Å². The van der Waals surface area contributed by atoms with Gasteiger partial charge >= 0.3 is 0 Å². The summed E-state index contributed by atoms with van der Waals surface area (Å²) >= 11 is 4.67. The normalized spacial score (nSPS) is 10.2. The average Bonchev–Trinajstić information content (AvgIpc) is 2.69. The molecule has 0 bridgehead atoms. The Bertz CT molecular complexity index is 550. The summed E-state index contributed by atoms with van der Waals surface area (Å²) in [5.41, 5.74) is 6.38. The van der Waals surface area contributed by atoms with E-state index in [9.17, 15) is 4.79 Å². The lowest BCUT2D eigenvalue weighted by Gasteiger charge is -2.01. The Morgan fingerprint density at radius 3 is 3.12 bits per heavy atom. The molecule has 82 valence electrons. The number of carbonyl (C=O) groups is 1. The third-order valence-electron chi connectivity index (χ3n) is 1.99. The molecule has 0 saturated heterocycles. The van der Waals surface area contributed by atoms with Gasteiger partial charge in [-0.2, -0.15) is 5.10 Å². The number of nitrogens with one attached hydrogen (secondary N) is 1. The first-order valence-electron chi connectivity index (χ1n) is 4.52. The molecule has 2 heterocycles. The van der Waals surface area contributed by atoms with E-state index in [4.69, 9.17) is 5.73 Å². The van der Waals surface area contributed by atoms with Gasteiger partial charge in [0.2, 0.25) is 0 Å². The summed E-state index contributed by atoms with van der Waals surface area (Å²) in [7, 11) is 0. The highest BCUT2D eigenvalue weighted by molar-refractivity contribution is 7.80. The zero-order chi connectivity index (χ0) is 11.5. The molecule has 2 aromatic rings. The summed E-state index contributed by atoms with van der Waals surface area (Å²) in [4.78, 5) is 15.9. The van der Waals surface area contributed by atoms with Crippen molar-refractivity contribution in [2.45, 2.75) is 0 Å². The Kier molecular flexibility index (Phi) is 2.78. The summed E-state index contributed by atoms with van der Waals surface area (Å²) in [6, 6.07) is 0. The third kappa shape index (κ3) is 1.98. The summed E-state index contributed by atoms with van der Waals surface area (Å²) < 4.78 is 1.57. The first-order chi connectivity index (χ1) is 7.68. The highest BCUT2D eigenvalue weighted by Gasteiger charge is 2.11. The van der Waals surface area contributed by atoms with Gasteiger partial charge in [-0.05, 0) is 0 Å². The third-order valence-corrected chi connectivity index (χ3v) is 2.14. The second kappa shape index (κ2) is 4.23. The number of hydrogen-bond donors (Lipinski definition) is 2. The SMILES string of the molecule is NC(=S)CNC(=O)c1cnn2ccncc12. The molecule has 16 heavy (non-hydrogen) atoms. The van der Waals surface area contributed by atoms with Gasteiger partial charge in [-0.1, -0.05) is 12.2 Å². The fourth-order valence-electron chi connectivity index (χ4n) is 1.27. The number of hydrogen-bond acceptors (Lipinski definition) is 4. The maximum atomic E-state index is 11.7. The van der Waals surface area contributed by atoms with Crippen molar-refractivity contribution < 1.29 is 4.79 Å².